The van der Waals surface area contributed by atoms with E-state index in [2.05, 4.69) is 51.4 Å². The van der Waals surface area contributed by atoms with E-state index in [-0.39, 0.29) is 11.1 Å². The molecule has 0 aliphatic carbocycles. The van der Waals surface area contributed by atoms with Gasteiger partial charge in [-0.25, -0.2) is 9.50 Å². The Balaban J connectivity index is 1.21. The van der Waals surface area contributed by atoms with Crippen molar-refractivity contribution < 1.29 is 0 Å². The molecule has 4 heterocycles. The van der Waals surface area contributed by atoms with E-state index in [4.69, 9.17) is 4.98 Å². The van der Waals surface area contributed by atoms with Crippen molar-refractivity contribution in [2.75, 3.05) is 0 Å². The second-order valence-corrected chi connectivity index (χ2v) is 11.6. The fourth-order valence-electron chi connectivity index (χ4n) is 7.14. The molecule has 0 amide bonds. The fraction of sp³-hybridized carbons (Fsp3) is 0. The van der Waals surface area contributed by atoms with Crippen LogP contribution in [-0.2, 0) is 0 Å². The molecule has 4 aromatic heterocycles. The van der Waals surface area contributed by atoms with Crippen LogP contribution in [0.25, 0.3) is 77.6 Å². The first-order valence-electron chi connectivity index (χ1n) is 15.2. The Morgan fingerprint density at radius 3 is 2.04 bits per heavy atom. The molecule has 7 heteroatoms. The van der Waals surface area contributed by atoms with E-state index >= 15 is 0 Å². The maximum Gasteiger partial charge on any atom is 0.283 e. The Labute approximate surface area is 260 Å². The quantitative estimate of drug-likeness (QED) is 0.212. The zero-order valence-electron chi connectivity index (χ0n) is 24.3. The van der Waals surface area contributed by atoms with Crippen molar-refractivity contribution in [3.8, 4) is 27.9 Å². The maximum atomic E-state index is 14.1. The normalized spacial score (nSPS) is 12.1. The lowest BCUT2D eigenvalue weighted by molar-refractivity contribution is 0.841. The van der Waals surface area contributed by atoms with Crippen molar-refractivity contribution in [2.45, 2.75) is 0 Å². The number of para-hydroxylation sites is 4. The molecule has 6 aromatic carbocycles. The lowest BCUT2D eigenvalue weighted by Gasteiger charge is -2.07. The van der Waals surface area contributed by atoms with E-state index in [1.165, 1.54) is 4.52 Å². The summed E-state index contributed by atoms with van der Waals surface area (Å²) in [5.74, 6) is 0.761. The summed E-state index contributed by atoms with van der Waals surface area (Å²) in [6.07, 6.45) is 0. The minimum absolute atomic E-state index is 0.327. The molecule has 10 rings (SSSR count). The molecule has 0 fully saturated rings. The van der Waals surface area contributed by atoms with Crippen LogP contribution < -0.4 is 11.1 Å². The summed E-state index contributed by atoms with van der Waals surface area (Å²) < 4.78 is 7.26. The molecule has 10 aromatic rings. The molecule has 0 radical (unpaired) electrons. The van der Waals surface area contributed by atoms with E-state index in [9.17, 15) is 9.59 Å². The van der Waals surface area contributed by atoms with Crippen LogP contribution in [0.15, 0.2) is 149 Å². The molecule has 0 saturated heterocycles. The Morgan fingerprint density at radius 1 is 0.478 bits per heavy atom. The molecular formula is C39H23N5O2. The molecule has 46 heavy (non-hydrogen) atoms. The van der Waals surface area contributed by atoms with Gasteiger partial charge in [-0.1, -0.05) is 84.9 Å². The Kier molecular flexibility index (Phi) is 4.89. The molecule has 216 valence electrons. The number of fused-ring (bicyclic) bond motifs is 10. The van der Waals surface area contributed by atoms with Gasteiger partial charge >= 0.3 is 0 Å². The number of hydrogen-bond donors (Lipinski definition) is 0. The van der Waals surface area contributed by atoms with Crippen molar-refractivity contribution in [3.05, 3.63) is 160 Å². The van der Waals surface area contributed by atoms with Crippen LogP contribution in [0.2, 0.25) is 0 Å². The van der Waals surface area contributed by atoms with Crippen molar-refractivity contribution in [1.82, 2.24) is 23.0 Å². The molecule has 0 atom stereocenters. The average Bonchev–Trinajstić information content (AvgIpc) is 3.82. The summed E-state index contributed by atoms with van der Waals surface area (Å²) in [7, 11) is 0. The van der Waals surface area contributed by atoms with Crippen molar-refractivity contribution in [1.29, 1.82) is 0 Å². The van der Waals surface area contributed by atoms with Gasteiger partial charge in [0.05, 0.1) is 49.6 Å². The first-order valence-corrected chi connectivity index (χ1v) is 15.2. The zero-order valence-corrected chi connectivity index (χ0v) is 24.3. The van der Waals surface area contributed by atoms with Gasteiger partial charge in [0.1, 0.15) is 0 Å². The van der Waals surface area contributed by atoms with Gasteiger partial charge in [0.2, 0.25) is 5.78 Å². The summed E-state index contributed by atoms with van der Waals surface area (Å²) in [6, 6.07) is 46.2. The highest BCUT2D eigenvalue weighted by Crippen LogP contribution is 2.33. The van der Waals surface area contributed by atoms with Crippen molar-refractivity contribution in [2.24, 2.45) is 0 Å². The third kappa shape index (κ3) is 3.23. The molecular weight excluding hydrogens is 570 g/mol. The minimum Gasteiger partial charge on any atom is -0.278 e. The van der Waals surface area contributed by atoms with Gasteiger partial charge in [0, 0.05) is 0 Å². The lowest BCUT2D eigenvalue weighted by Crippen LogP contribution is -2.21. The first-order chi connectivity index (χ1) is 22.7. The number of rotatable bonds is 3. The van der Waals surface area contributed by atoms with E-state index in [0.29, 0.717) is 21.8 Å². The maximum absolute atomic E-state index is 14.1. The smallest absolute Gasteiger partial charge is 0.278 e. The second-order valence-electron chi connectivity index (χ2n) is 11.6. The standard InChI is InChI=1S/C39H23N5O2/c45-37-29-23-27(41-33-17-6-7-18-34(33)42-32-16-5-4-15-30(32)40-39(41)42)20-21-31(29)43-35-19-9-14-28(36(35)38(46)44(37)43)26-13-8-12-25(22-26)24-10-2-1-3-11-24/h1-23H. The second kappa shape index (κ2) is 9.03. The summed E-state index contributed by atoms with van der Waals surface area (Å²) in [5, 5.41) is 0.998. The SMILES string of the molecule is O=c1c2cc(-n3c4ccccc4n4c5ccccc5nc34)ccc2n2c3cccc(-c4cccc(-c5ccccc5)c4)c3c(=O)n12. The number of aromatic nitrogens is 5. The van der Waals surface area contributed by atoms with Crippen LogP contribution in [0.5, 0.6) is 0 Å². The number of nitrogens with zero attached hydrogens (tertiary/aromatic N) is 5. The summed E-state index contributed by atoms with van der Waals surface area (Å²) >= 11 is 0. The van der Waals surface area contributed by atoms with E-state index in [0.717, 1.165) is 55.8 Å². The predicted molar refractivity (Wildman–Crippen MR) is 184 cm³/mol. The van der Waals surface area contributed by atoms with Crippen LogP contribution in [-0.4, -0.2) is 23.0 Å². The van der Waals surface area contributed by atoms with Crippen LogP contribution in [0, 0.1) is 0 Å². The van der Waals surface area contributed by atoms with Crippen molar-refractivity contribution >= 4 is 49.7 Å². The highest BCUT2D eigenvalue weighted by atomic mass is 16.2. The van der Waals surface area contributed by atoms with Gasteiger partial charge in [0.15, 0.2) is 0 Å². The van der Waals surface area contributed by atoms with E-state index in [1.807, 2.05) is 97.1 Å². The van der Waals surface area contributed by atoms with Crippen LogP contribution in [0.1, 0.15) is 0 Å². The molecule has 7 nitrogen and oxygen atoms in total. The highest BCUT2D eigenvalue weighted by Gasteiger charge is 2.22. The van der Waals surface area contributed by atoms with Gasteiger partial charge in [-0.3, -0.25) is 18.6 Å². The van der Waals surface area contributed by atoms with Gasteiger partial charge in [-0.05, 0) is 76.9 Å². The van der Waals surface area contributed by atoms with E-state index < -0.39 is 0 Å². The van der Waals surface area contributed by atoms with Gasteiger partial charge < -0.3 is 0 Å². The molecule has 0 spiro atoms. The van der Waals surface area contributed by atoms with Crippen LogP contribution in [0.4, 0.5) is 0 Å². The van der Waals surface area contributed by atoms with Crippen LogP contribution in [0.3, 0.4) is 0 Å². The molecule has 0 saturated carbocycles. The summed E-state index contributed by atoms with van der Waals surface area (Å²) in [5.41, 5.74) is 9.30. The molecule has 0 bridgehead atoms. The fourth-order valence-corrected chi connectivity index (χ4v) is 7.14. The topological polar surface area (TPSA) is 65.2 Å². The van der Waals surface area contributed by atoms with Crippen LogP contribution >= 0.6 is 0 Å². The Morgan fingerprint density at radius 2 is 1.17 bits per heavy atom. The summed E-state index contributed by atoms with van der Waals surface area (Å²) in [6.45, 7) is 0. The predicted octanol–water partition coefficient (Wildman–Crippen LogP) is 7.58. The zero-order chi connectivity index (χ0) is 30.5. The Bertz CT molecular complexity index is 2960. The molecule has 0 unspecified atom stereocenters. The first kappa shape index (κ1) is 24.9. The van der Waals surface area contributed by atoms with Crippen molar-refractivity contribution in [3.63, 3.8) is 0 Å². The minimum atomic E-state index is -0.344. The third-order valence-corrected chi connectivity index (χ3v) is 9.15. The van der Waals surface area contributed by atoms with E-state index in [1.54, 1.807) is 4.52 Å². The Hall–Kier alpha value is -6.47. The third-order valence-electron chi connectivity index (χ3n) is 9.15. The number of hydrogen-bond acceptors (Lipinski definition) is 3. The molecule has 0 aliphatic heterocycles. The lowest BCUT2D eigenvalue weighted by atomic mass is 9.97. The summed E-state index contributed by atoms with van der Waals surface area (Å²) in [4.78, 5) is 33.2. The number of imidazole rings is 2. The monoisotopic (exact) mass is 593 g/mol. The van der Waals surface area contributed by atoms with Gasteiger partial charge in [-0.15, -0.1) is 0 Å². The number of benzene rings is 6. The van der Waals surface area contributed by atoms with Gasteiger partial charge in [0.25, 0.3) is 11.1 Å². The highest BCUT2D eigenvalue weighted by molar-refractivity contribution is 5.98. The molecule has 0 N–H and O–H groups in total. The average molecular weight is 594 g/mol. The molecule has 0 aliphatic rings. The largest absolute Gasteiger partial charge is 0.283 e. The van der Waals surface area contributed by atoms with Gasteiger partial charge in [-0.2, -0.15) is 4.52 Å².